The summed E-state index contributed by atoms with van der Waals surface area (Å²) in [5.41, 5.74) is 3.65. The third kappa shape index (κ3) is 4.43. The van der Waals surface area contributed by atoms with Crippen LogP contribution in [0.5, 0.6) is 11.5 Å². The van der Waals surface area contributed by atoms with E-state index >= 15 is 0 Å². The monoisotopic (exact) mass is 511 g/mol. The summed E-state index contributed by atoms with van der Waals surface area (Å²) < 4.78 is 15.6. The molecule has 0 bridgehead atoms. The molecule has 1 unspecified atom stereocenters. The molecule has 0 aliphatic carbocycles. The van der Waals surface area contributed by atoms with E-state index in [0.29, 0.717) is 45.6 Å². The first kappa shape index (κ1) is 23.9. The number of hydrogen-bond acceptors (Lipinski definition) is 8. The van der Waals surface area contributed by atoms with Crippen LogP contribution in [-0.4, -0.2) is 47.5 Å². The smallest absolute Gasteiger partial charge is 0.210 e. The molecular weight excluding hydrogens is 482 g/mol. The Hall–Kier alpha value is -4.43. The maximum Gasteiger partial charge on any atom is 0.210 e. The summed E-state index contributed by atoms with van der Waals surface area (Å²) in [4.78, 5) is 16.5. The summed E-state index contributed by atoms with van der Waals surface area (Å²) in [6.07, 6.45) is 5.93. The van der Waals surface area contributed by atoms with Gasteiger partial charge in [-0.3, -0.25) is 4.68 Å². The minimum atomic E-state index is -0.0567. The molecule has 1 atom stereocenters. The molecule has 1 aliphatic rings. The minimum Gasteiger partial charge on any atom is -0.454 e. The van der Waals surface area contributed by atoms with Gasteiger partial charge in [-0.2, -0.15) is 15.3 Å². The maximum absolute atomic E-state index is 9.31. The van der Waals surface area contributed by atoms with Crippen LogP contribution in [-0.2, 0) is 23.7 Å². The van der Waals surface area contributed by atoms with E-state index in [1.165, 1.54) is 0 Å². The zero-order valence-electron chi connectivity index (χ0n) is 21.8. The standard InChI is InChI=1S/C27H29N9O2/c1-27(2,3)22-9-23(34-36(22)14-16-5-6-37-15-16)32-26-33-25-21(35(26)4)8-19(13-31-25)38-18-7-20-17(10-28)11-29-24(20)30-12-18/h7-9,11-13,16H,5-6,14-15H2,1-4H3,(H,29,30)(H,31,32,33,34). The number of anilines is 2. The zero-order valence-corrected chi connectivity index (χ0v) is 21.8. The molecule has 5 aromatic heterocycles. The van der Waals surface area contributed by atoms with E-state index in [2.05, 4.69) is 62.8 Å². The average Bonchev–Trinajstić information content (AvgIpc) is 3.67. The van der Waals surface area contributed by atoms with E-state index in [-0.39, 0.29) is 5.41 Å². The second-order valence-corrected chi connectivity index (χ2v) is 10.7. The molecule has 11 heteroatoms. The van der Waals surface area contributed by atoms with Crippen LogP contribution in [0.2, 0.25) is 0 Å². The van der Waals surface area contributed by atoms with Gasteiger partial charge < -0.3 is 24.3 Å². The number of nitrogens with one attached hydrogen (secondary N) is 2. The van der Waals surface area contributed by atoms with E-state index in [0.717, 1.165) is 43.2 Å². The van der Waals surface area contributed by atoms with Crippen molar-refractivity contribution < 1.29 is 9.47 Å². The van der Waals surface area contributed by atoms with E-state index in [1.54, 1.807) is 24.7 Å². The number of nitriles is 1. The normalized spacial score (nSPS) is 15.8. The molecule has 0 radical (unpaired) electrons. The lowest BCUT2D eigenvalue weighted by Gasteiger charge is -2.21. The number of ether oxygens (including phenoxy) is 2. The van der Waals surface area contributed by atoms with Gasteiger partial charge >= 0.3 is 0 Å². The van der Waals surface area contributed by atoms with Gasteiger partial charge in [-0.25, -0.2) is 9.97 Å². The Kier molecular flexibility index (Phi) is 5.76. The van der Waals surface area contributed by atoms with E-state index < -0.39 is 0 Å². The number of nitrogens with zero attached hydrogens (tertiary/aromatic N) is 7. The van der Waals surface area contributed by atoms with E-state index in [1.807, 2.05) is 17.7 Å². The predicted octanol–water partition coefficient (Wildman–Crippen LogP) is 4.78. The number of aromatic nitrogens is 7. The van der Waals surface area contributed by atoms with Crippen molar-refractivity contribution >= 4 is 34.0 Å². The molecule has 0 aromatic carbocycles. The second kappa shape index (κ2) is 9.15. The fourth-order valence-electron chi connectivity index (χ4n) is 4.79. The summed E-state index contributed by atoms with van der Waals surface area (Å²) >= 11 is 0. The van der Waals surface area contributed by atoms with Crippen LogP contribution in [0.3, 0.4) is 0 Å². The first-order valence-electron chi connectivity index (χ1n) is 12.6. The lowest BCUT2D eigenvalue weighted by molar-refractivity contribution is 0.181. The molecule has 6 heterocycles. The molecule has 0 amide bonds. The highest BCUT2D eigenvalue weighted by Crippen LogP contribution is 2.30. The number of aryl methyl sites for hydroxylation is 1. The quantitative estimate of drug-likeness (QED) is 0.333. The van der Waals surface area contributed by atoms with Crippen molar-refractivity contribution in [1.29, 1.82) is 5.26 Å². The highest BCUT2D eigenvalue weighted by atomic mass is 16.5. The highest BCUT2D eigenvalue weighted by Gasteiger charge is 2.25. The van der Waals surface area contributed by atoms with E-state index in [9.17, 15) is 5.26 Å². The first-order chi connectivity index (χ1) is 18.3. The van der Waals surface area contributed by atoms with Crippen molar-refractivity contribution in [3.8, 4) is 17.6 Å². The molecule has 194 valence electrons. The lowest BCUT2D eigenvalue weighted by Crippen LogP contribution is -2.21. The molecule has 1 saturated heterocycles. The Balaban J connectivity index is 1.26. The number of rotatable bonds is 6. The van der Waals surface area contributed by atoms with Crippen LogP contribution in [0.1, 0.15) is 38.4 Å². The zero-order chi connectivity index (χ0) is 26.4. The number of imidazole rings is 1. The molecule has 38 heavy (non-hydrogen) atoms. The lowest BCUT2D eigenvalue weighted by atomic mass is 9.92. The molecule has 0 spiro atoms. The van der Waals surface area contributed by atoms with Gasteiger partial charge in [0.2, 0.25) is 5.95 Å². The molecule has 0 saturated carbocycles. The molecule has 5 aromatic rings. The van der Waals surface area contributed by atoms with E-state index in [4.69, 9.17) is 14.6 Å². The van der Waals surface area contributed by atoms with Gasteiger partial charge in [0.25, 0.3) is 0 Å². The summed E-state index contributed by atoms with van der Waals surface area (Å²) in [5, 5.41) is 18.3. The Bertz CT molecular complexity index is 1680. The third-order valence-electron chi connectivity index (χ3n) is 6.82. The average molecular weight is 512 g/mol. The van der Waals surface area contributed by atoms with Crippen LogP contribution in [0, 0.1) is 17.2 Å². The first-order valence-corrected chi connectivity index (χ1v) is 12.6. The fraction of sp³-hybridized carbons (Fsp3) is 0.370. The van der Waals surface area contributed by atoms with Crippen molar-refractivity contribution in [2.24, 2.45) is 13.0 Å². The van der Waals surface area contributed by atoms with Crippen LogP contribution in [0.15, 0.2) is 36.8 Å². The van der Waals surface area contributed by atoms with Crippen molar-refractivity contribution in [3.63, 3.8) is 0 Å². The summed E-state index contributed by atoms with van der Waals surface area (Å²) in [5.74, 6) is 2.90. The van der Waals surface area contributed by atoms with Crippen LogP contribution in [0.4, 0.5) is 11.8 Å². The summed E-state index contributed by atoms with van der Waals surface area (Å²) in [6.45, 7) is 9.01. The Morgan fingerprint density at radius 2 is 2.03 bits per heavy atom. The molecule has 1 fully saturated rings. The predicted molar refractivity (Wildman–Crippen MR) is 143 cm³/mol. The van der Waals surface area contributed by atoms with Gasteiger partial charge in [-0.05, 0) is 12.5 Å². The SMILES string of the molecule is Cn1c(Nc2cc(C(C)(C)C)n(CC3CCOC3)n2)nc2ncc(Oc3cnc4[nH]cc(C#N)c4c3)cc21. The van der Waals surface area contributed by atoms with Crippen LogP contribution in [0.25, 0.3) is 22.2 Å². The summed E-state index contributed by atoms with van der Waals surface area (Å²) in [7, 11) is 1.92. The number of H-pyrrole nitrogens is 1. The Morgan fingerprint density at radius 1 is 1.21 bits per heavy atom. The number of fused-ring (bicyclic) bond motifs is 2. The van der Waals surface area contributed by atoms with Gasteiger partial charge in [0.15, 0.2) is 11.5 Å². The molecule has 1 aliphatic heterocycles. The Labute approximate surface area is 219 Å². The van der Waals surface area contributed by atoms with Gasteiger partial charge in [-0.15, -0.1) is 0 Å². The largest absolute Gasteiger partial charge is 0.454 e. The summed E-state index contributed by atoms with van der Waals surface area (Å²) in [6, 6.07) is 7.92. The van der Waals surface area contributed by atoms with Crippen molar-refractivity contribution in [1.82, 2.24) is 34.3 Å². The van der Waals surface area contributed by atoms with Gasteiger partial charge in [-0.1, -0.05) is 20.8 Å². The van der Waals surface area contributed by atoms with Gasteiger partial charge in [0, 0.05) is 60.9 Å². The molecule has 11 nitrogen and oxygen atoms in total. The van der Waals surface area contributed by atoms with Gasteiger partial charge in [0.1, 0.15) is 23.2 Å². The number of aromatic amines is 1. The molecule has 2 N–H and O–H groups in total. The van der Waals surface area contributed by atoms with Crippen molar-refractivity contribution in [3.05, 3.63) is 48.0 Å². The second-order valence-electron chi connectivity index (χ2n) is 10.7. The highest BCUT2D eigenvalue weighted by molar-refractivity contribution is 5.83. The van der Waals surface area contributed by atoms with Gasteiger partial charge in [0.05, 0.1) is 30.1 Å². The maximum atomic E-state index is 9.31. The Morgan fingerprint density at radius 3 is 2.79 bits per heavy atom. The van der Waals surface area contributed by atoms with Crippen molar-refractivity contribution in [2.45, 2.75) is 39.2 Å². The number of hydrogen-bond donors (Lipinski definition) is 2. The van der Waals surface area contributed by atoms with Crippen molar-refractivity contribution in [2.75, 3.05) is 18.5 Å². The molecular formula is C27H29N9O2. The minimum absolute atomic E-state index is 0.0567. The fourth-order valence-corrected chi connectivity index (χ4v) is 4.79. The van der Waals surface area contributed by atoms with Crippen LogP contribution >= 0.6 is 0 Å². The third-order valence-corrected chi connectivity index (χ3v) is 6.82. The number of pyridine rings is 2. The topological polar surface area (TPSA) is 131 Å². The molecule has 6 rings (SSSR count). The van der Waals surface area contributed by atoms with Crippen LogP contribution < -0.4 is 10.1 Å².